The zero-order chi connectivity index (χ0) is 5.28. The second-order valence-electron chi connectivity index (χ2n) is 1.14. The van der Waals surface area contributed by atoms with Crippen LogP contribution in [0.4, 0.5) is 5.95 Å². The van der Waals surface area contributed by atoms with Crippen LogP contribution in [-0.4, -0.2) is 20.2 Å². The van der Waals surface area contributed by atoms with Crippen LogP contribution in [0.15, 0.2) is 0 Å². The second-order valence-corrected chi connectivity index (χ2v) is 1.14. The van der Waals surface area contributed by atoms with E-state index in [1.165, 1.54) is 4.80 Å². The zero-order valence-electron chi connectivity index (χ0n) is 4.27. The van der Waals surface area contributed by atoms with Crippen LogP contribution in [-0.2, 0) is 7.05 Å². The Hall–Kier alpha value is -0.840. The topological polar surface area (TPSA) is 69.6 Å². The lowest BCUT2D eigenvalue weighted by Crippen LogP contribution is -1.92. The molecule has 0 aliphatic carbocycles. The van der Waals surface area contributed by atoms with Gasteiger partial charge in [-0.05, 0) is 5.21 Å². The smallest absolute Gasteiger partial charge is 0.260 e. The molecule has 0 spiro atoms. The second kappa shape index (κ2) is 2.46. The van der Waals surface area contributed by atoms with Gasteiger partial charge in [-0.3, -0.25) is 0 Å². The number of nitrogens with zero attached hydrogens (tertiary/aromatic N) is 4. The van der Waals surface area contributed by atoms with Crippen molar-refractivity contribution in [3.63, 3.8) is 0 Å². The quantitative estimate of drug-likeness (QED) is 0.507. The summed E-state index contributed by atoms with van der Waals surface area (Å²) in [7, 11) is 1.66. The molecular weight excluding hydrogens is 130 g/mol. The first-order valence-corrected chi connectivity index (χ1v) is 1.78. The number of nitrogen functional groups attached to an aromatic ring is 1. The third-order valence-electron chi connectivity index (χ3n) is 0.524. The Balaban J connectivity index is 0.000000490. The van der Waals surface area contributed by atoms with E-state index in [4.69, 9.17) is 5.73 Å². The van der Waals surface area contributed by atoms with Crippen LogP contribution < -0.4 is 5.73 Å². The average Bonchev–Trinajstić information content (AvgIpc) is 1.87. The largest absolute Gasteiger partial charge is 0.365 e. The highest BCUT2D eigenvalue weighted by atomic mass is 35.5. The first kappa shape index (κ1) is 7.16. The number of nitrogens with two attached hydrogens (primary N) is 1. The van der Waals surface area contributed by atoms with Gasteiger partial charge in [0.2, 0.25) is 0 Å². The Morgan fingerprint density at radius 3 is 2.38 bits per heavy atom. The van der Waals surface area contributed by atoms with Gasteiger partial charge >= 0.3 is 0 Å². The van der Waals surface area contributed by atoms with E-state index in [9.17, 15) is 0 Å². The maximum Gasteiger partial charge on any atom is 0.260 e. The van der Waals surface area contributed by atoms with Gasteiger partial charge in [-0.25, -0.2) is 0 Å². The van der Waals surface area contributed by atoms with Crippen molar-refractivity contribution in [1.82, 2.24) is 20.2 Å². The standard InChI is InChI=1S/C2H5N5.ClH/c1-7-5-2(3)4-6-7;/h1H3,(H2,3,5);1H. The molecule has 0 unspecified atom stereocenters. The van der Waals surface area contributed by atoms with Crippen LogP contribution in [0.2, 0.25) is 0 Å². The summed E-state index contributed by atoms with van der Waals surface area (Å²) in [6, 6.07) is 0. The van der Waals surface area contributed by atoms with E-state index in [1.807, 2.05) is 0 Å². The van der Waals surface area contributed by atoms with Gasteiger partial charge in [0.15, 0.2) is 0 Å². The first-order chi connectivity index (χ1) is 3.29. The zero-order valence-corrected chi connectivity index (χ0v) is 5.09. The van der Waals surface area contributed by atoms with Gasteiger partial charge in [-0.2, -0.15) is 4.80 Å². The lowest BCUT2D eigenvalue weighted by Gasteiger charge is -1.73. The number of hydrogen-bond donors (Lipinski definition) is 1. The average molecular weight is 136 g/mol. The minimum Gasteiger partial charge on any atom is -0.365 e. The Labute approximate surface area is 52.3 Å². The normalized spacial score (nSPS) is 8.12. The molecule has 0 amide bonds. The van der Waals surface area contributed by atoms with E-state index >= 15 is 0 Å². The lowest BCUT2D eigenvalue weighted by atomic mass is 11.2. The summed E-state index contributed by atoms with van der Waals surface area (Å²) in [6.45, 7) is 0. The highest BCUT2D eigenvalue weighted by molar-refractivity contribution is 5.85. The maximum absolute atomic E-state index is 5.07. The molecule has 0 radical (unpaired) electrons. The number of aromatic nitrogens is 4. The minimum absolute atomic E-state index is 0. The molecule has 1 aromatic rings. The predicted molar refractivity (Wildman–Crippen MR) is 30.5 cm³/mol. The van der Waals surface area contributed by atoms with E-state index in [0.29, 0.717) is 0 Å². The van der Waals surface area contributed by atoms with Gasteiger partial charge in [0.25, 0.3) is 5.95 Å². The molecule has 0 saturated carbocycles. The molecule has 0 fully saturated rings. The van der Waals surface area contributed by atoms with Crippen LogP contribution >= 0.6 is 12.4 Å². The summed E-state index contributed by atoms with van der Waals surface area (Å²) in [4.78, 5) is 1.30. The molecule has 0 aromatic carbocycles. The molecule has 6 heteroatoms. The Morgan fingerprint density at radius 2 is 2.25 bits per heavy atom. The van der Waals surface area contributed by atoms with Crippen molar-refractivity contribution in [2.45, 2.75) is 0 Å². The molecule has 1 rings (SSSR count). The number of hydrogen-bond acceptors (Lipinski definition) is 4. The van der Waals surface area contributed by atoms with E-state index in [1.54, 1.807) is 7.05 Å². The van der Waals surface area contributed by atoms with Gasteiger partial charge in [0.05, 0.1) is 7.05 Å². The molecule has 0 aliphatic rings. The fourth-order valence-corrected chi connectivity index (χ4v) is 0.299. The number of halogens is 1. The molecule has 46 valence electrons. The molecular formula is C2H6ClN5. The molecule has 0 atom stereocenters. The highest BCUT2D eigenvalue weighted by Gasteiger charge is 1.86. The number of anilines is 1. The fraction of sp³-hybridized carbons (Fsp3) is 0.500. The van der Waals surface area contributed by atoms with Crippen molar-refractivity contribution in [2.75, 3.05) is 5.73 Å². The van der Waals surface area contributed by atoms with E-state index in [-0.39, 0.29) is 18.4 Å². The summed E-state index contributed by atoms with van der Waals surface area (Å²) in [6.07, 6.45) is 0. The van der Waals surface area contributed by atoms with Crippen molar-refractivity contribution >= 4 is 18.4 Å². The number of aryl methyl sites for hydroxylation is 1. The molecule has 8 heavy (non-hydrogen) atoms. The van der Waals surface area contributed by atoms with Crippen LogP contribution in [0, 0.1) is 0 Å². The summed E-state index contributed by atoms with van der Waals surface area (Å²) in [5.74, 6) is 0.211. The van der Waals surface area contributed by atoms with Gasteiger partial charge < -0.3 is 5.73 Å². The van der Waals surface area contributed by atoms with Gasteiger partial charge in [-0.15, -0.1) is 17.5 Å². The van der Waals surface area contributed by atoms with Crippen LogP contribution in [0.3, 0.4) is 0 Å². The third-order valence-corrected chi connectivity index (χ3v) is 0.524. The molecule has 5 nitrogen and oxygen atoms in total. The van der Waals surface area contributed by atoms with Crippen molar-refractivity contribution in [3.8, 4) is 0 Å². The molecule has 0 aliphatic heterocycles. The summed E-state index contributed by atoms with van der Waals surface area (Å²) in [5, 5.41) is 10.4. The lowest BCUT2D eigenvalue weighted by molar-refractivity contribution is 0.630. The Bertz CT molecular complexity index is 143. The fourth-order valence-electron chi connectivity index (χ4n) is 0.299. The van der Waals surface area contributed by atoms with E-state index in [2.05, 4.69) is 15.4 Å². The summed E-state index contributed by atoms with van der Waals surface area (Å²) < 4.78 is 0. The molecule has 0 bridgehead atoms. The SMILES string of the molecule is Cl.Cn1nnc(N)n1. The predicted octanol–water partition coefficient (Wildman–Crippen LogP) is -0.786. The van der Waals surface area contributed by atoms with Crippen molar-refractivity contribution in [1.29, 1.82) is 0 Å². The maximum atomic E-state index is 5.07. The van der Waals surface area contributed by atoms with Crippen molar-refractivity contribution in [3.05, 3.63) is 0 Å². The van der Waals surface area contributed by atoms with Crippen molar-refractivity contribution in [2.24, 2.45) is 7.05 Å². The van der Waals surface area contributed by atoms with E-state index < -0.39 is 0 Å². The summed E-state index contributed by atoms with van der Waals surface area (Å²) in [5.41, 5.74) is 5.07. The van der Waals surface area contributed by atoms with Crippen LogP contribution in [0.1, 0.15) is 0 Å². The molecule has 1 aromatic heterocycles. The Morgan fingerprint density at radius 1 is 1.62 bits per heavy atom. The third kappa shape index (κ3) is 1.34. The van der Waals surface area contributed by atoms with Crippen LogP contribution in [0.25, 0.3) is 0 Å². The highest BCUT2D eigenvalue weighted by Crippen LogP contribution is 1.77. The molecule has 1 heterocycles. The van der Waals surface area contributed by atoms with Gasteiger partial charge in [-0.1, -0.05) is 5.10 Å². The summed E-state index contributed by atoms with van der Waals surface area (Å²) >= 11 is 0. The minimum atomic E-state index is 0. The van der Waals surface area contributed by atoms with Crippen molar-refractivity contribution < 1.29 is 0 Å². The van der Waals surface area contributed by atoms with Gasteiger partial charge in [0, 0.05) is 0 Å². The first-order valence-electron chi connectivity index (χ1n) is 1.78. The molecule has 2 N–H and O–H groups in total. The number of tetrazole rings is 1. The van der Waals surface area contributed by atoms with Gasteiger partial charge in [0.1, 0.15) is 0 Å². The Kier molecular flexibility index (Phi) is 2.20. The van der Waals surface area contributed by atoms with E-state index in [0.717, 1.165) is 0 Å². The molecule has 0 saturated heterocycles. The number of rotatable bonds is 0. The monoisotopic (exact) mass is 135 g/mol. The van der Waals surface area contributed by atoms with Crippen LogP contribution in [0.5, 0.6) is 0 Å².